The molecule has 2 rings (SSSR count). The van der Waals surface area contributed by atoms with E-state index in [1.165, 1.54) is 11.1 Å². The number of amides is 2. The van der Waals surface area contributed by atoms with Gasteiger partial charge in [-0.25, -0.2) is 0 Å². The van der Waals surface area contributed by atoms with Gasteiger partial charge in [-0.1, -0.05) is 52.0 Å². The van der Waals surface area contributed by atoms with Gasteiger partial charge in [0.05, 0.1) is 6.04 Å². The molecule has 5 nitrogen and oxygen atoms in total. The van der Waals surface area contributed by atoms with Crippen LogP contribution in [0.5, 0.6) is 0 Å². The van der Waals surface area contributed by atoms with E-state index in [-0.39, 0.29) is 17.9 Å². The summed E-state index contributed by atoms with van der Waals surface area (Å²) in [5, 5.41) is 6.31. The zero-order chi connectivity index (χ0) is 19.2. The fourth-order valence-electron chi connectivity index (χ4n) is 3.13. The van der Waals surface area contributed by atoms with E-state index in [1.54, 1.807) is 0 Å². The van der Waals surface area contributed by atoms with Gasteiger partial charge < -0.3 is 15.5 Å². The largest absolute Gasteiger partial charge is 0.356 e. The molecule has 5 heteroatoms. The Kier molecular flexibility index (Phi) is 7.21. The number of carbonyl (C=O) groups is 2. The van der Waals surface area contributed by atoms with Crippen LogP contribution in [-0.4, -0.2) is 42.9 Å². The fourth-order valence-corrected chi connectivity index (χ4v) is 3.13. The number of hydrogen-bond donors (Lipinski definition) is 2. The molecule has 144 valence electrons. The first-order valence-corrected chi connectivity index (χ1v) is 9.70. The van der Waals surface area contributed by atoms with Crippen molar-refractivity contribution in [3.8, 4) is 0 Å². The Balaban J connectivity index is 1.89. The first-order valence-electron chi connectivity index (χ1n) is 9.70. The summed E-state index contributed by atoms with van der Waals surface area (Å²) in [6.07, 6.45) is 2.16. The SMILES string of the molecule is CCc1ccc(C2CNCCN2C(=O)CCCNC(=O)C(C)(C)C)cc1. The Morgan fingerprint density at radius 1 is 1.23 bits per heavy atom. The van der Waals surface area contributed by atoms with Crippen LogP contribution in [0.2, 0.25) is 0 Å². The number of benzene rings is 1. The minimum Gasteiger partial charge on any atom is -0.356 e. The average molecular weight is 360 g/mol. The van der Waals surface area contributed by atoms with E-state index >= 15 is 0 Å². The molecule has 0 saturated carbocycles. The number of nitrogens with one attached hydrogen (secondary N) is 2. The van der Waals surface area contributed by atoms with Crippen molar-refractivity contribution < 1.29 is 9.59 Å². The van der Waals surface area contributed by atoms with E-state index in [0.717, 1.165) is 26.1 Å². The molecule has 0 spiro atoms. The van der Waals surface area contributed by atoms with Crippen molar-refractivity contribution >= 4 is 11.8 Å². The molecular weight excluding hydrogens is 326 g/mol. The van der Waals surface area contributed by atoms with Crippen molar-refractivity contribution in [2.75, 3.05) is 26.2 Å². The molecule has 1 aromatic carbocycles. The summed E-state index contributed by atoms with van der Waals surface area (Å²) in [5.41, 5.74) is 2.10. The first-order chi connectivity index (χ1) is 12.3. The molecule has 1 aliphatic rings. The highest BCUT2D eigenvalue weighted by molar-refractivity contribution is 5.81. The smallest absolute Gasteiger partial charge is 0.225 e. The molecule has 1 atom stereocenters. The molecule has 1 fully saturated rings. The second-order valence-electron chi connectivity index (χ2n) is 8.01. The summed E-state index contributed by atoms with van der Waals surface area (Å²) in [6, 6.07) is 8.66. The molecule has 1 aliphatic heterocycles. The van der Waals surface area contributed by atoms with Gasteiger partial charge in [0.25, 0.3) is 0 Å². The van der Waals surface area contributed by atoms with E-state index in [0.29, 0.717) is 19.4 Å². The lowest BCUT2D eigenvalue weighted by Gasteiger charge is -2.37. The molecule has 0 bridgehead atoms. The van der Waals surface area contributed by atoms with E-state index in [1.807, 2.05) is 25.7 Å². The highest BCUT2D eigenvalue weighted by atomic mass is 16.2. The van der Waals surface area contributed by atoms with E-state index in [4.69, 9.17) is 0 Å². The number of rotatable bonds is 6. The molecule has 0 aliphatic carbocycles. The maximum absolute atomic E-state index is 12.7. The van der Waals surface area contributed by atoms with Crippen LogP contribution in [0.3, 0.4) is 0 Å². The van der Waals surface area contributed by atoms with Gasteiger partial charge in [0, 0.05) is 38.0 Å². The standard InChI is InChI=1S/C21H33N3O2/c1-5-16-8-10-17(11-9-16)18-15-22-13-14-24(18)19(25)7-6-12-23-20(26)21(2,3)4/h8-11,18,22H,5-7,12-15H2,1-4H3,(H,23,26). The molecule has 1 saturated heterocycles. The third-order valence-electron chi connectivity index (χ3n) is 4.87. The van der Waals surface area contributed by atoms with Gasteiger partial charge >= 0.3 is 0 Å². The normalized spacial score (nSPS) is 17.8. The maximum atomic E-state index is 12.7. The van der Waals surface area contributed by atoms with Crippen molar-refractivity contribution in [1.29, 1.82) is 0 Å². The second kappa shape index (κ2) is 9.17. The summed E-state index contributed by atoms with van der Waals surface area (Å²) in [4.78, 5) is 26.6. The number of hydrogen-bond acceptors (Lipinski definition) is 3. The average Bonchev–Trinajstić information content (AvgIpc) is 2.64. The zero-order valence-electron chi connectivity index (χ0n) is 16.6. The van der Waals surface area contributed by atoms with Gasteiger partial charge in [0.1, 0.15) is 0 Å². The molecule has 1 unspecified atom stereocenters. The lowest BCUT2D eigenvalue weighted by atomic mass is 9.96. The van der Waals surface area contributed by atoms with E-state index in [9.17, 15) is 9.59 Å². The van der Waals surface area contributed by atoms with Crippen molar-refractivity contribution in [3.63, 3.8) is 0 Å². The molecule has 2 N–H and O–H groups in total. The summed E-state index contributed by atoms with van der Waals surface area (Å²) in [7, 11) is 0. The van der Waals surface area contributed by atoms with Crippen molar-refractivity contribution in [1.82, 2.24) is 15.5 Å². The number of aryl methyl sites for hydroxylation is 1. The molecular formula is C21H33N3O2. The third kappa shape index (κ3) is 5.56. The van der Waals surface area contributed by atoms with Crippen LogP contribution in [0.15, 0.2) is 24.3 Å². The molecule has 0 aromatic heterocycles. The predicted molar refractivity (Wildman–Crippen MR) is 105 cm³/mol. The Morgan fingerprint density at radius 2 is 1.92 bits per heavy atom. The van der Waals surface area contributed by atoms with Gasteiger partial charge in [0.2, 0.25) is 11.8 Å². The Morgan fingerprint density at radius 3 is 2.54 bits per heavy atom. The third-order valence-corrected chi connectivity index (χ3v) is 4.87. The van der Waals surface area contributed by atoms with Crippen LogP contribution < -0.4 is 10.6 Å². The highest BCUT2D eigenvalue weighted by Crippen LogP contribution is 2.24. The molecule has 1 heterocycles. The molecule has 2 amide bonds. The number of nitrogens with zero attached hydrogens (tertiary/aromatic N) is 1. The van der Waals surface area contributed by atoms with Crippen molar-refractivity contribution in [2.45, 2.75) is 53.0 Å². The maximum Gasteiger partial charge on any atom is 0.225 e. The summed E-state index contributed by atoms with van der Waals surface area (Å²) < 4.78 is 0. The molecule has 26 heavy (non-hydrogen) atoms. The Hall–Kier alpha value is -1.88. The van der Waals surface area contributed by atoms with Crippen molar-refractivity contribution in [2.24, 2.45) is 5.41 Å². The molecule has 1 aromatic rings. The van der Waals surface area contributed by atoms with Crippen LogP contribution in [-0.2, 0) is 16.0 Å². The van der Waals surface area contributed by atoms with Crippen LogP contribution in [0.4, 0.5) is 0 Å². The quantitative estimate of drug-likeness (QED) is 0.768. The number of piperazine rings is 1. The van der Waals surface area contributed by atoms with Crippen LogP contribution in [0.1, 0.15) is 57.7 Å². The minimum atomic E-state index is -0.391. The summed E-state index contributed by atoms with van der Waals surface area (Å²) in [5.74, 6) is 0.196. The topological polar surface area (TPSA) is 61.4 Å². The highest BCUT2D eigenvalue weighted by Gasteiger charge is 2.27. The zero-order valence-corrected chi connectivity index (χ0v) is 16.6. The van der Waals surface area contributed by atoms with Crippen LogP contribution >= 0.6 is 0 Å². The van der Waals surface area contributed by atoms with Gasteiger partial charge in [-0.3, -0.25) is 9.59 Å². The van der Waals surface area contributed by atoms with E-state index < -0.39 is 5.41 Å². The van der Waals surface area contributed by atoms with Crippen LogP contribution in [0.25, 0.3) is 0 Å². The van der Waals surface area contributed by atoms with Gasteiger partial charge in [-0.05, 0) is 24.0 Å². The Bertz CT molecular complexity index is 605. The fraction of sp³-hybridized carbons (Fsp3) is 0.619. The first kappa shape index (κ1) is 20.4. The number of carbonyl (C=O) groups excluding carboxylic acids is 2. The lowest BCUT2D eigenvalue weighted by Crippen LogP contribution is -2.48. The monoisotopic (exact) mass is 359 g/mol. The summed E-state index contributed by atoms with van der Waals surface area (Å²) >= 11 is 0. The van der Waals surface area contributed by atoms with Gasteiger partial charge in [-0.15, -0.1) is 0 Å². The van der Waals surface area contributed by atoms with Crippen molar-refractivity contribution in [3.05, 3.63) is 35.4 Å². The molecule has 0 radical (unpaired) electrons. The van der Waals surface area contributed by atoms with Crippen LogP contribution in [0, 0.1) is 5.41 Å². The van der Waals surface area contributed by atoms with Gasteiger partial charge in [-0.2, -0.15) is 0 Å². The minimum absolute atomic E-state index is 0.0287. The van der Waals surface area contributed by atoms with Gasteiger partial charge in [0.15, 0.2) is 0 Å². The second-order valence-corrected chi connectivity index (χ2v) is 8.01. The predicted octanol–water partition coefficient (Wildman–Crippen LogP) is 2.66. The van der Waals surface area contributed by atoms with E-state index in [2.05, 4.69) is 41.8 Å². The lowest BCUT2D eigenvalue weighted by molar-refractivity contribution is -0.135. The summed E-state index contributed by atoms with van der Waals surface area (Å²) in [6.45, 7) is 10.7. The Labute approximate surface area is 157 Å².